The standard InChI is InChI=1S/C20H20ClFN2O3S/c21-16-4-3-5-17(22)15(16)13-23-18-6-1-2-7-19(18)28(26)24(20(23)25)12-14-8-10-27-11-9-14/h1-7,14H,8-13H2. The number of amides is 2. The Bertz CT molecular complexity index is 900. The van der Waals surface area contributed by atoms with Crippen molar-refractivity contribution >= 4 is 34.3 Å². The van der Waals surface area contributed by atoms with E-state index in [1.54, 1.807) is 30.3 Å². The molecule has 2 aliphatic heterocycles. The normalized spacial score (nSPS) is 20.4. The summed E-state index contributed by atoms with van der Waals surface area (Å²) in [6.45, 7) is 1.64. The maximum absolute atomic E-state index is 14.3. The second kappa shape index (κ2) is 8.19. The van der Waals surface area contributed by atoms with Crippen molar-refractivity contribution in [2.75, 3.05) is 24.7 Å². The number of ether oxygens (including phenoxy) is 1. The van der Waals surface area contributed by atoms with Gasteiger partial charge in [-0.1, -0.05) is 29.8 Å². The van der Waals surface area contributed by atoms with Gasteiger partial charge >= 0.3 is 6.03 Å². The Hall–Kier alpha value is -1.96. The third-order valence-electron chi connectivity index (χ3n) is 5.13. The number of carbonyl (C=O) groups excluding carboxylic acids is 1. The van der Waals surface area contributed by atoms with E-state index < -0.39 is 22.8 Å². The van der Waals surface area contributed by atoms with Gasteiger partial charge in [0.2, 0.25) is 0 Å². The molecule has 0 N–H and O–H groups in total. The molecule has 4 rings (SSSR count). The smallest absolute Gasteiger partial charge is 0.336 e. The van der Waals surface area contributed by atoms with E-state index in [0.29, 0.717) is 30.3 Å². The second-order valence-corrected chi connectivity index (χ2v) is 8.69. The maximum atomic E-state index is 14.3. The Morgan fingerprint density at radius 3 is 2.64 bits per heavy atom. The molecule has 2 amide bonds. The van der Waals surface area contributed by atoms with E-state index in [9.17, 15) is 13.4 Å². The number of benzene rings is 2. The van der Waals surface area contributed by atoms with Crippen LogP contribution in [0.4, 0.5) is 14.9 Å². The van der Waals surface area contributed by atoms with E-state index in [2.05, 4.69) is 0 Å². The number of anilines is 1. The number of hydrogen-bond donors (Lipinski definition) is 0. The molecule has 0 aromatic heterocycles. The van der Waals surface area contributed by atoms with Crippen LogP contribution in [0.25, 0.3) is 0 Å². The van der Waals surface area contributed by atoms with E-state index in [1.165, 1.54) is 21.3 Å². The van der Waals surface area contributed by atoms with E-state index in [0.717, 1.165) is 12.8 Å². The van der Waals surface area contributed by atoms with Gasteiger partial charge in [0.1, 0.15) is 5.82 Å². The lowest BCUT2D eigenvalue weighted by atomic mass is 10.0. The zero-order valence-corrected chi connectivity index (χ0v) is 16.7. The summed E-state index contributed by atoms with van der Waals surface area (Å²) >= 11 is 6.18. The van der Waals surface area contributed by atoms with Crippen molar-refractivity contribution in [3.8, 4) is 0 Å². The van der Waals surface area contributed by atoms with Gasteiger partial charge in [-0.05, 0) is 43.0 Å². The molecule has 2 aromatic carbocycles. The Morgan fingerprint density at radius 1 is 1.14 bits per heavy atom. The topological polar surface area (TPSA) is 49.9 Å². The van der Waals surface area contributed by atoms with Crippen molar-refractivity contribution in [3.63, 3.8) is 0 Å². The van der Waals surface area contributed by atoms with Gasteiger partial charge in [0.05, 0.1) is 17.1 Å². The molecule has 0 spiro atoms. The van der Waals surface area contributed by atoms with Gasteiger partial charge in [0, 0.05) is 30.3 Å². The Balaban J connectivity index is 1.69. The van der Waals surface area contributed by atoms with Gasteiger partial charge < -0.3 is 4.74 Å². The van der Waals surface area contributed by atoms with Gasteiger partial charge in [-0.2, -0.15) is 0 Å². The summed E-state index contributed by atoms with van der Waals surface area (Å²) in [5.41, 5.74) is 0.763. The fourth-order valence-corrected chi connectivity index (χ4v) is 5.16. The molecule has 2 aromatic rings. The van der Waals surface area contributed by atoms with Crippen LogP contribution in [0.3, 0.4) is 0 Å². The number of hydrogen-bond acceptors (Lipinski definition) is 3. The molecule has 148 valence electrons. The lowest BCUT2D eigenvalue weighted by Gasteiger charge is -2.38. The lowest BCUT2D eigenvalue weighted by molar-refractivity contribution is 0.0626. The number of carbonyl (C=O) groups is 1. The van der Waals surface area contributed by atoms with Crippen LogP contribution in [-0.2, 0) is 22.3 Å². The molecule has 2 aliphatic rings. The highest BCUT2D eigenvalue weighted by molar-refractivity contribution is 7.83. The van der Waals surface area contributed by atoms with Crippen LogP contribution >= 0.6 is 11.6 Å². The molecule has 28 heavy (non-hydrogen) atoms. The van der Waals surface area contributed by atoms with Crippen molar-refractivity contribution in [2.45, 2.75) is 24.3 Å². The van der Waals surface area contributed by atoms with Crippen LogP contribution in [0, 0.1) is 11.7 Å². The average molecular weight is 423 g/mol. The van der Waals surface area contributed by atoms with Crippen molar-refractivity contribution in [1.29, 1.82) is 0 Å². The largest absolute Gasteiger partial charge is 0.381 e. The summed E-state index contributed by atoms with van der Waals surface area (Å²) in [5.74, 6) is -0.244. The first-order valence-electron chi connectivity index (χ1n) is 9.17. The minimum absolute atomic E-state index is 0.0250. The molecule has 1 saturated heterocycles. The zero-order valence-electron chi connectivity index (χ0n) is 15.1. The summed E-state index contributed by atoms with van der Waals surface area (Å²) < 4.78 is 34.2. The molecule has 5 nitrogen and oxygen atoms in total. The first-order chi connectivity index (χ1) is 13.6. The predicted octanol–water partition coefficient (Wildman–Crippen LogP) is 4.37. The molecule has 1 unspecified atom stereocenters. The lowest BCUT2D eigenvalue weighted by Crippen LogP contribution is -2.50. The highest BCUT2D eigenvalue weighted by Crippen LogP contribution is 2.35. The monoisotopic (exact) mass is 422 g/mol. The van der Waals surface area contributed by atoms with Crippen LogP contribution in [0.15, 0.2) is 47.4 Å². The molecule has 0 aliphatic carbocycles. The van der Waals surface area contributed by atoms with Crippen LogP contribution in [0.2, 0.25) is 5.02 Å². The zero-order chi connectivity index (χ0) is 19.7. The molecule has 0 bridgehead atoms. The summed E-state index contributed by atoms with van der Waals surface area (Å²) in [7, 11) is -1.60. The molecular weight excluding hydrogens is 403 g/mol. The number of rotatable bonds is 4. The predicted molar refractivity (Wildman–Crippen MR) is 106 cm³/mol. The Kier molecular flexibility index (Phi) is 5.66. The third kappa shape index (κ3) is 3.66. The van der Waals surface area contributed by atoms with Crippen LogP contribution in [-0.4, -0.2) is 34.3 Å². The van der Waals surface area contributed by atoms with Crippen molar-refractivity contribution in [3.05, 3.63) is 58.9 Å². The van der Waals surface area contributed by atoms with Gasteiger partial charge in [-0.15, -0.1) is 0 Å². The van der Waals surface area contributed by atoms with Gasteiger partial charge in [-0.25, -0.2) is 17.7 Å². The number of fused-ring (bicyclic) bond motifs is 1. The minimum Gasteiger partial charge on any atom is -0.381 e. The highest BCUT2D eigenvalue weighted by Gasteiger charge is 2.37. The first-order valence-corrected chi connectivity index (χ1v) is 10.7. The summed E-state index contributed by atoms with van der Waals surface area (Å²) in [6, 6.07) is 11.1. The third-order valence-corrected chi connectivity index (χ3v) is 6.91. The van der Waals surface area contributed by atoms with Crippen molar-refractivity contribution in [1.82, 2.24) is 4.31 Å². The number of nitrogens with zero attached hydrogens (tertiary/aromatic N) is 2. The van der Waals surface area contributed by atoms with Gasteiger partial charge in [-0.3, -0.25) is 4.90 Å². The van der Waals surface area contributed by atoms with E-state index in [4.69, 9.17) is 16.3 Å². The van der Waals surface area contributed by atoms with E-state index >= 15 is 0 Å². The summed E-state index contributed by atoms with van der Waals surface area (Å²) in [5, 5.41) is 0.257. The second-order valence-electron chi connectivity index (χ2n) is 6.90. The number of para-hydroxylation sites is 1. The SMILES string of the molecule is O=C1N(Cc2c(F)cccc2Cl)c2ccccc2S(=O)N1CC1CCOCC1. The maximum Gasteiger partial charge on any atom is 0.336 e. The minimum atomic E-state index is -1.60. The fourth-order valence-electron chi connectivity index (χ4n) is 3.56. The highest BCUT2D eigenvalue weighted by atomic mass is 35.5. The Labute approximate surface area is 170 Å². The van der Waals surface area contributed by atoms with Crippen molar-refractivity contribution < 1.29 is 18.1 Å². The first kappa shape index (κ1) is 19.4. The quantitative estimate of drug-likeness (QED) is 0.735. The molecule has 1 fully saturated rings. The number of halogens is 2. The van der Waals surface area contributed by atoms with Gasteiger partial charge in [0.25, 0.3) is 0 Å². The molecule has 8 heteroatoms. The van der Waals surface area contributed by atoms with Crippen LogP contribution in [0.1, 0.15) is 18.4 Å². The molecule has 0 saturated carbocycles. The number of urea groups is 1. The van der Waals surface area contributed by atoms with E-state index in [1.807, 2.05) is 0 Å². The molecular formula is C20H20ClFN2O3S. The summed E-state index contributed by atoms with van der Waals surface area (Å²) in [6.07, 6.45) is 1.64. The van der Waals surface area contributed by atoms with Crippen molar-refractivity contribution in [2.24, 2.45) is 5.92 Å². The van der Waals surface area contributed by atoms with Gasteiger partial charge in [0.15, 0.2) is 11.0 Å². The van der Waals surface area contributed by atoms with Crippen LogP contribution < -0.4 is 4.90 Å². The molecule has 1 atom stereocenters. The average Bonchev–Trinajstić information content (AvgIpc) is 2.71. The van der Waals surface area contributed by atoms with E-state index in [-0.39, 0.29) is 23.0 Å². The summed E-state index contributed by atoms with van der Waals surface area (Å²) in [4.78, 5) is 15.3. The fraction of sp³-hybridized carbons (Fsp3) is 0.350. The Morgan fingerprint density at radius 2 is 1.89 bits per heavy atom. The molecule has 2 heterocycles. The molecule has 0 radical (unpaired) electrons. The van der Waals surface area contributed by atoms with Crippen LogP contribution in [0.5, 0.6) is 0 Å².